The molecule has 1 atom stereocenters. The molecule has 1 heterocycles. The van der Waals surface area contributed by atoms with Crippen molar-refractivity contribution in [3.8, 4) is 16.3 Å². The fourth-order valence-corrected chi connectivity index (χ4v) is 4.44. The molecular formula is C25H21ClN2O4S. The second-order valence-corrected chi connectivity index (χ2v) is 8.81. The van der Waals surface area contributed by atoms with E-state index >= 15 is 0 Å². The first-order chi connectivity index (χ1) is 15.9. The number of fused-ring (bicyclic) bond motifs is 1. The Labute approximate surface area is 200 Å². The number of anilines is 1. The van der Waals surface area contributed by atoms with Crippen LogP contribution in [-0.2, 0) is 9.53 Å². The smallest absolute Gasteiger partial charge is 0.339 e. The Bertz CT molecular complexity index is 1320. The van der Waals surface area contributed by atoms with Crippen LogP contribution in [-0.4, -0.2) is 30.1 Å². The summed E-state index contributed by atoms with van der Waals surface area (Å²) in [5.41, 5.74) is 3.09. The molecule has 1 aromatic heterocycles. The number of benzene rings is 3. The number of carbonyl (C=O) groups excluding carboxylic acids is 2. The van der Waals surface area contributed by atoms with E-state index in [1.807, 2.05) is 43.3 Å². The summed E-state index contributed by atoms with van der Waals surface area (Å²) in [4.78, 5) is 30.3. The van der Waals surface area contributed by atoms with Crippen molar-refractivity contribution in [3.05, 3.63) is 76.8 Å². The number of esters is 1. The SMILES string of the molecule is COc1cc(Cl)c(C)cc1NC(=O)C(C)OC(=O)c1ccccc1-c1nc2ccccc2s1. The zero-order valence-corrected chi connectivity index (χ0v) is 19.8. The minimum absolute atomic E-state index is 0.344. The van der Waals surface area contributed by atoms with Crippen LogP contribution >= 0.6 is 22.9 Å². The molecule has 8 heteroatoms. The topological polar surface area (TPSA) is 77.5 Å². The molecule has 1 N–H and O–H groups in total. The molecule has 0 fully saturated rings. The van der Waals surface area contributed by atoms with Crippen LogP contribution < -0.4 is 10.1 Å². The first-order valence-electron chi connectivity index (χ1n) is 10.2. The number of nitrogens with one attached hydrogen (secondary N) is 1. The van der Waals surface area contributed by atoms with Crippen molar-refractivity contribution < 1.29 is 19.1 Å². The van der Waals surface area contributed by atoms with Gasteiger partial charge in [0.05, 0.1) is 28.6 Å². The predicted octanol–water partition coefficient (Wildman–Crippen LogP) is 6.12. The van der Waals surface area contributed by atoms with Crippen molar-refractivity contribution in [1.82, 2.24) is 4.98 Å². The van der Waals surface area contributed by atoms with Crippen molar-refractivity contribution in [2.45, 2.75) is 20.0 Å². The van der Waals surface area contributed by atoms with Crippen molar-refractivity contribution in [1.29, 1.82) is 0 Å². The number of hydrogen-bond acceptors (Lipinski definition) is 6. The summed E-state index contributed by atoms with van der Waals surface area (Å²) in [5.74, 6) is -0.675. The molecule has 0 radical (unpaired) electrons. The normalized spacial score (nSPS) is 11.8. The van der Waals surface area contributed by atoms with Crippen molar-refractivity contribution in [2.24, 2.45) is 0 Å². The molecule has 0 saturated heterocycles. The van der Waals surface area contributed by atoms with E-state index in [1.54, 1.807) is 24.3 Å². The third-order valence-electron chi connectivity index (χ3n) is 5.06. The average molecular weight is 481 g/mol. The van der Waals surface area contributed by atoms with Crippen LogP contribution in [0.15, 0.2) is 60.7 Å². The summed E-state index contributed by atoms with van der Waals surface area (Å²) >= 11 is 7.62. The zero-order valence-electron chi connectivity index (χ0n) is 18.2. The van der Waals surface area contributed by atoms with Gasteiger partial charge in [-0.05, 0) is 43.7 Å². The van der Waals surface area contributed by atoms with Gasteiger partial charge in [-0.25, -0.2) is 9.78 Å². The molecule has 0 aliphatic rings. The van der Waals surface area contributed by atoms with Gasteiger partial charge in [0.2, 0.25) is 0 Å². The molecule has 168 valence electrons. The van der Waals surface area contributed by atoms with Gasteiger partial charge in [0.1, 0.15) is 10.8 Å². The van der Waals surface area contributed by atoms with Gasteiger partial charge in [-0.3, -0.25) is 4.79 Å². The van der Waals surface area contributed by atoms with Gasteiger partial charge in [-0.15, -0.1) is 11.3 Å². The van der Waals surface area contributed by atoms with E-state index in [4.69, 9.17) is 21.1 Å². The lowest BCUT2D eigenvalue weighted by Gasteiger charge is -2.16. The maximum absolute atomic E-state index is 13.0. The zero-order chi connectivity index (χ0) is 23.5. The number of aryl methyl sites for hydroxylation is 1. The van der Waals surface area contributed by atoms with Crippen molar-refractivity contribution >= 4 is 50.7 Å². The highest BCUT2D eigenvalue weighted by molar-refractivity contribution is 7.21. The van der Waals surface area contributed by atoms with Gasteiger partial charge in [0.15, 0.2) is 6.10 Å². The Kier molecular flexibility index (Phi) is 6.62. The van der Waals surface area contributed by atoms with Crippen LogP contribution in [0.25, 0.3) is 20.8 Å². The molecule has 3 aromatic carbocycles. The Balaban J connectivity index is 1.53. The van der Waals surface area contributed by atoms with E-state index in [-0.39, 0.29) is 0 Å². The van der Waals surface area contributed by atoms with Gasteiger partial charge in [0, 0.05) is 16.7 Å². The van der Waals surface area contributed by atoms with Gasteiger partial charge in [-0.2, -0.15) is 0 Å². The quantitative estimate of drug-likeness (QED) is 0.336. The minimum Gasteiger partial charge on any atom is -0.495 e. The maximum Gasteiger partial charge on any atom is 0.339 e. The molecule has 1 amide bonds. The molecular weight excluding hydrogens is 460 g/mol. The molecule has 0 bridgehead atoms. The van der Waals surface area contributed by atoms with Crippen LogP contribution in [0.1, 0.15) is 22.8 Å². The molecule has 0 saturated carbocycles. The molecule has 0 aliphatic carbocycles. The van der Waals surface area contributed by atoms with Crippen LogP contribution in [0, 0.1) is 6.92 Å². The lowest BCUT2D eigenvalue weighted by molar-refractivity contribution is -0.123. The molecule has 4 rings (SSSR count). The molecule has 0 aliphatic heterocycles. The van der Waals surface area contributed by atoms with Gasteiger partial charge >= 0.3 is 5.97 Å². The summed E-state index contributed by atoms with van der Waals surface area (Å²) in [7, 11) is 1.49. The van der Waals surface area contributed by atoms with E-state index in [0.29, 0.717) is 32.6 Å². The van der Waals surface area contributed by atoms with Crippen LogP contribution in [0.4, 0.5) is 5.69 Å². The predicted molar refractivity (Wildman–Crippen MR) is 131 cm³/mol. The fourth-order valence-electron chi connectivity index (χ4n) is 3.28. The lowest BCUT2D eigenvalue weighted by atomic mass is 10.1. The van der Waals surface area contributed by atoms with E-state index < -0.39 is 18.0 Å². The summed E-state index contributed by atoms with van der Waals surface area (Å²) < 4.78 is 11.8. The van der Waals surface area contributed by atoms with Gasteiger partial charge in [-0.1, -0.05) is 41.9 Å². The number of carbonyl (C=O) groups is 2. The largest absolute Gasteiger partial charge is 0.495 e. The Hall–Kier alpha value is -3.42. The van der Waals surface area contributed by atoms with E-state index in [2.05, 4.69) is 10.3 Å². The first-order valence-corrected chi connectivity index (χ1v) is 11.4. The van der Waals surface area contributed by atoms with E-state index in [9.17, 15) is 9.59 Å². The van der Waals surface area contributed by atoms with Crippen molar-refractivity contribution in [3.63, 3.8) is 0 Å². The van der Waals surface area contributed by atoms with Gasteiger partial charge < -0.3 is 14.8 Å². The van der Waals surface area contributed by atoms with Crippen LogP contribution in [0.2, 0.25) is 5.02 Å². The monoisotopic (exact) mass is 480 g/mol. The Morgan fingerprint density at radius 3 is 2.58 bits per heavy atom. The van der Waals surface area contributed by atoms with Crippen LogP contribution in [0.5, 0.6) is 5.75 Å². The molecule has 4 aromatic rings. The number of nitrogens with zero attached hydrogens (tertiary/aromatic N) is 1. The summed E-state index contributed by atoms with van der Waals surface area (Å²) in [5, 5.41) is 3.97. The van der Waals surface area contributed by atoms with E-state index in [1.165, 1.54) is 25.4 Å². The highest BCUT2D eigenvalue weighted by Crippen LogP contribution is 2.33. The van der Waals surface area contributed by atoms with Crippen LogP contribution in [0.3, 0.4) is 0 Å². The van der Waals surface area contributed by atoms with E-state index in [0.717, 1.165) is 15.8 Å². The number of ether oxygens (including phenoxy) is 2. The standard InChI is InChI=1S/C25H21ClN2O4S/c1-14-12-20(21(31-3)13-18(14)26)27-23(29)15(2)32-25(30)17-9-5-4-8-16(17)24-28-19-10-6-7-11-22(19)33-24/h4-13,15H,1-3H3,(H,27,29). The fraction of sp³-hybridized carbons (Fsp3) is 0.160. The number of para-hydroxylation sites is 1. The number of halogens is 1. The third-order valence-corrected chi connectivity index (χ3v) is 6.54. The number of hydrogen-bond donors (Lipinski definition) is 1. The Morgan fingerprint density at radius 2 is 1.82 bits per heavy atom. The second kappa shape index (κ2) is 9.60. The molecule has 33 heavy (non-hydrogen) atoms. The second-order valence-electron chi connectivity index (χ2n) is 7.37. The molecule has 6 nitrogen and oxygen atoms in total. The number of aromatic nitrogens is 1. The number of rotatable bonds is 6. The summed E-state index contributed by atoms with van der Waals surface area (Å²) in [6, 6.07) is 18.2. The average Bonchev–Trinajstić information content (AvgIpc) is 3.25. The van der Waals surface area contributed by atoms with Gasteiger partial charge in [0.25, 0.3) is 5.91 Å². The number of methoxy groups -OCH3 is 1. The highest BCUT2D eigenvalue weighted by atomic mass is 35.5. The summed E-state index contributed by atoms with van der Waals surface area (Å²) in [6.07, 6.45) is -1.04. The minimum atomic E-state index is -1.04. The van der Waals surface area contributed by atoms with Crippen molar-refractivity contribution in [2.75, 3.05) is 12.4 Å². The molecule has 1 unspecified atom stereocenters. The maximum atomic E-state index is 13.0. The number of amides is 1. The Morgan fingerprint density at radius 1 is 1.09 bits per heavy atom. The highest BCUT2D eigenvalue weighted by Gasteiger charge is 2.23. The number of thiazole rings is 1. The summed E-state index contributed by atoms with van der Waals surface area (Å²) in [6.45, 7) is 3.34. The first kappa shape index (κ1) is 22.8. The lowest BCUT2D eigenvalue weighted by Crippen LogP contribution is -2.30. The third kappa shape index (κ3) is 4.84. The molecule has 0 spiro atoms.